The molecule has 23 heavy (non-hydrogen) atoms. The fraction of sp³-hybridized carbons (Fsp3) is 0.0667. The molecule has 0 aromatic heterocycles. The molecule has 0 radical (unpaired) electrons. The zero-order valence-corrected chi connectivity index (χ0v) is 13.1. The molecule has 0 fully saturated rings. The largest absolute Gasteiger partial charge is 0.484 e. The number of hydrogen-bond donors (Lipinski definition) is 2. The summed E-state index contributed by atoms with van der Waals surface area (Å²) >= 11 is 11.6. The Morgan fingerprint density at radius 1 is 1.04 bits per heavy atom. The Balaban J connectivity index is 1.82. The lowest BCUT2D eigenvalue weighted by Crippen LogP contribution is -2.44. The second-order valence-electron chi connectivity index (χ2n) is 4.35. The second kappa shape index (κ2) is 7.80. The average Bonchev–Trinajstić information content (AvgIpc) is 2.54. The molecule has 0 unspecified atom stereocenters. The number of carbonyl (C=O) groups excluding carboxylic acids is 2. The predicted molar refractivity (Wildman–Crippen MR) is 84.0 cm³/mol. The Hall–Kier alpha value is -2.31. The van der Waals surface area contributed by atoms with Gasteiger partial charge in [0.25, 0.3) is 11.8 Å². The first-order chi connectivity index (χ1) is 11.0. The Kier molecular flexibility index (Phi) is 5.78. The minimum Gasteiger partial charge on any atom is -0.484 e. The number of hydrazine groups is 1. The van der Waals surface area contributed by atoms with Gasteiger partial charge in [-0.3, -0.25) is 20.4 Å². The summed E-state index contributed by atoms with van der Waals surface area (Å²) in [5, 5.41) is 0.651. The highest BCUT2D eigenvalue weighted by Gasteiger charge is 2.12. The summed E-state index contributed by atoms with van der Waals surface area (Å²) < 4.78 is 18.6. The molecule has 0 saturated heterocycles. The third-order valence-electron chi connectivity index (χ3n) is 2.69. The molecular formula is C15H11Cl2FN2O3. The number of amides is 2. The van der Waals surface area contributed by atoms with Crippen molar-refractivity contribution in [2.24, 2.45) is 0 Å². The Labute approximate surface area is 141 Å². The van der Waals surface area contributed by atoms with Crippen LogP contribution in [0.15, 0.2) is 42.5 Å². The molecule has 0 aliphatic carbocycles. The maximum atomic E-state index is 13.4. The quantitative estimate of drug-likeness (QED) is 0.827. The van der Waals surface area contributed by atoms with Crippen molar-refractivity contribution in [1.82, 2.24) is 10.9 Å². The zero-order valence-electron chi connectivity index (χ0n) is 11.6. The van der Waals surface area contributed by atoms with Crippen molar-refractivity contribution in [3.63, 3.8) is 0 Å². The standard InChI is InChI=1S/C15H11Cl2FN2O3/c16-11-6-5-9(7-12(11)17)23-8-14(21)19-20-15(22)10-3-1-2-4-13(10)18/h1-7H,8H2,(H,19,21)(H,20,22). The smallest absolute Gasteiger partial charge is 0.276 e. The molecule has 0 aliphatic rings. The molecule has 2 N–H and O–H groups in total. The van der Waals surface area contributed by atoms with E-state index in [1.165, 1.54) is 30.3 Å². The Morgan fingerprint density at radius 3 is 2.48 bits per heavy atom. The molecule has 2 amide bonds. The van der Waals surface area contributed by atoms with Gasteiger partial charge in [-0.15, -0.1) is 0 Å². The molecule has 0 aliphatic heterocycles. The lowest BCUT2D eigenvalue weighted by atomic mass is 10.2. The normalized spacial score (nSPS) is 10.0. The first-order valence-corrected chi connectivity index (χ1v) is 7.14. The number of benzene rings is 2. The monoisotopic (exact) mass is 356 g/mol. The SMILES string of the molecule is O=C(COc1ccc(Cl)c(Cl)c1)NNC(=O)c1ccccc1F. The maximum absolute atomic E-state index is 13.4. The van der Waals surface area contributed by atoms with Crippen LogP contribution in [-0.2, 0) is 4.79 Å². The summed E-state index contributed by atoms with van der Waals surface area (Å²) in [6.45, 7) is -0.366. The van der Waals surface area contributed by atoms with Crippen molar-refractivity contribution >= 4 is 35.0 Å². The third-order valence-corrected chi connectivity index (χ3v) is 3.43. The van der Waals surface area contributed by atoms with Crippen LogP contribution >= 0.6 is 23.2 Å². The van der Waals surface area contributed by atoms with Gasteiger partial charge in [0, 0.05) is 6.07 Å². The van der Waals surface area contributed by atoms with Crippen molar-refractivity contribution in [2.45, 2.75) is 0 Å². The van der Waals surface area contributed by atoms with Gasteiger partial charge in [0.2, 0.25) is 0 Å². The van der Waals surface area contributed by atoms with Gasteiger partial charge in [0.15, 0.2) is 6.61 Å². The highest BCUT2D eigenvalue weighted by atomic mass is 35.5. The van der Waals surface area contributed by atoms with Gasteiger partial charge in [-0.2, -0.15) is 0 Å². The number of hydrogen-bond acceptors (Lipinski definition) is 3. The van der Waals surface area contributed by atoms with E-state index in [4.69, 9.17) is 27.9 Å². The molecule has 0 heterocycles. The lowest BCUT2D eigenvalue weighted by molar-refractivity contribution is -0.123. The van der Waals surface area contributed by atoms with Crippen LogP contribution in [-0.4, -0.2) is 18.4 Å². The van der Waals surface area contributed by atoms with E-state index in [0.717, 1.165) is 6.07 Å². The van der Waals surface area contributed by atoms with E-state index >= 15 is 0 Å². The van der Waals surface area contributed by atoms with E-state index < -0.39 is 17.6 Å². The Morgan fingerprint density at radius 2 is 1.78 bits per heavy atom. The van der Waals surface area contributed by atoms with Gasteiger partial charge in [-0.1, -0.05) is 35.3 Å². The number of carbonyl (C=O) groups is 2. The van der Waals surface area contributed by atoms with E-state index in [9.17, 15) is 14.0 Å². The van der Waals surface area contributed by atoms with Crippen LogP contribution in [0.2, 0.25) is 10.0 Å². The van der Waals surface area contributed by atoms with E-state index in [1.807, 2.05) is 0 Å². The van der Waals surface area contributed by atoms with Crippen LogP contribution in [0.3, 0.4) is 0 Å². The van der Waals surface area contributed by atoms with E-state index in [1.54, 1.807) is 6.07 Å². The molecule has 2 aromatic rings. The van der Waals surface area contributed by atoms with Crippen molar-refractivity contribution in [1.29, 1.82) is 0 Å². The van der Waals surface area contributed by atoms with Crippen molar-refractivity contribution in [3.8, 4) is 5.75 Å². The number of ether oxygens (including phenoxy) is 1. The number of rotatable bonds is 4. The zero-order chi connectivity index (χ0) is 16.8. The molecule has 5 nitrogen and oxygen atoms in total. The first kappa shape index (κ1) is 17.1. The Bertz CT molecular complexity index is 740. The minimum absolute atomic E-state index is 0.182. The maximum Gasteiger partial charge on any atom is 0.276 e. The molecule has 2 rings (SSSR count). The van der Waals surface area contributed by atoms with Gasteiger partial charge in [-0.25, -0.2) is 4.39 Å². The van der Waals surface area contributed by atoms with E-state index in [-0.39, 0.29) is 17.2 Å². The summed E-state index contributed by atoms with van der Waals surface area (Å²) in [5.74, 6) is -1.74. The van der Waals surface area contributed by atoms with Crippen LogP contribution in [0.25, 0.3) is 0 Å². The van der Waals surface area contributed by atoms with Crippen molar-refractivity contribution < 1.29 is 18.7 Å². The summed E-state index contributed by atoms with van der Waals surface area (Å²) in [4.78, 5) is 23.3. The molecule has 8 heteroatoms. The topological polar surface area (TPSA) is 67.4 Å². The summed E-state index contributed by atoms with van der Waals surface area (Å²) in [5.41, 5.74) is 4.02. The lowest BCUT2D eigenvalue weighted by Gasteiger charge is -2.09. The molecule has 0 spiro atoms. The molecule has 0 saturated carbocycles. The fourth-order valence-electron chi connectivity index (χ4n) is 1.59. The van der Waals surface area contributed by atoms with Gasteiger partial charge < -0.3 is 4.74 Å². The fourth-order valence-corrected chi connectivity index (χ4v) is 1.88. The van der Waals surface area contributed by atoms with Crippen LogP contribution in [0.5, 0.6) is 5.75 Å². The van der Waals surface area contributed by atoms with E-state index in [0.29, 0.717) is 10.8 Å². The van der Waals surface area contributed by atoms with Crippen molar-refractivity contribution in [3.05, 3.63) is 63.9 Å². The first-order valence-electron chi connectivity index (χ1n) is 6.39. The van der Waals surface area contributed by atoms with Crippen LogP contribution in [0.4, 0.5) is 4.39 Å². The van der Waals surface area contributed by atoms with Gasteiger partial charge >= 0.3 is 0 Å². The number of nitrogens with one attached hydrogen (secondary N) is 2. The van der Waals surface area contributed by atoms with Crippen LogP contribution < -0.4 is 15.6 Å². The number of halogens is 3. The van der Waals surface area contributed by atoms with Gasteiger partial charge in [0.05, 0.1) is 15.6 Å². The molecule has 2 aromatic carbocycles. The van der Waals surface area contributed by atoms with Crippen molar-refractivity contribution in [2.75, 3.05) is 6.61 Å². The van der Waals surface area contributed by atoms with Crippen LogP contribution in [0, 0.1) is 5.82 Å². The van der Waals surface area contributed by atoms with E-state index in [2.05, 4.69) is 10.9 Å². The van der Waals surface area contributed by atoms with Gasteiger partial charge in [-0.05, 0) is 24.3 Å². The molecular weight excluding hydrogens is 346 g/mol. The predicted octanol–water partition coefficient (Wildman–Crippen LogP) is 2.97. The summed E-state index contributed by atoms with van der Waals surface area (Å²) in [6, 6.07) is 9.92. The second-order valence-corrected chi connectivity index (χ2v) is 5.16. The van der Waals surface area contributed by atoms with Gasteiger partial charge in [0.1, 0.15) is 11.6 Å². The molecule has 120 valence electrons. The summed E-state index contributed by atoms with van der Waals surface area (Å²) in [6.07, 6.45) is 0. The highest BCUT2D eigenvalue weighted by molar-refractivity contribution is 6.42. The molecule has 0 bridgehead atoms. The summed E-state index contributed by atoms with van der Waals surface area (Å²) in [7, 11) is 0. The third kappa shape index (κ3) is 4.84. The average molecular weight is 357 g/mol. The highest BCUT2D eigenvalue weighted by Crippen LogP contribution is 2.26. The van der Waals surface area contributed by atoms with Crippen LogP contribution in [0.1, 0.15) is 10.4 Å². The minimum atomic E-state index is -0.772. The molecule has 0 atom stereocenters.